The summed E-state index contributed by atoms with van der Waals surface area (Å²) >= 11 is 0. The van der Waals surface area contributed by atoms with Crippen LogP contribution in [0.3, 0.4) is 0 Å². The summed E-state index contributed by atoms with van der Waals surface area (Å²) in [7, 11) is 0. The van der Waals surface area contributed by atoms with Crippen LogP contribution in [0, 0.1) is 22.0 Å². The van der Waals surface area contributed by atoms with Crippen LogP contribution < -0.4 is 5.32 Å². The summed E-state index contributed by atoms with van der Waals surface area (Å²) in [5.41, 5.74) is 0.979. The maximum atomic E-state index is 11.6. The highest BCUT2D eigenvalue weighted by Gasteiger charge is 2.06. The van der Waals surface area contributed by atoms with Crippen LogP contribution in [0.15, 0.2) is 54.6 Å². The highest BCUT2D eigenvalue weighted by Crippen LogP contribution is 2.16. The zero-order valence-electron chi connectivity index (χ0n) is 10.4. The van der Waals surface area contributed by atoms with E-state index in [4.69, 9.17) is 0 Å². The molecule has 0 unspecified atom stereocenters. The normalized spacial score (nSPS) is 9.20. The molecule has 2 aromatic carbocycles. The predicted molar refractivity (Wildman–Crippen MR) is 75.0 cm³/mol. The SMILES string of the molecule is O=C(C#Cc1ccccc1)Nc1cccc([N+](=O)[O-])c1. The standard InChI is InChI=1S/C15H10N2O3/c18-15(10-9-12-5-2-1-3-6-12)16-13-7-4-8-14(11-13)17(19)20/h1-8,11H,(H,16,18). The summed E-state index contributed by atoms with van der Waals surface area (Å²) in [6, 6.07) is 14.8. The minimum Gasteiger partial charge on any atom is -0.315 e. The average Bonchev–Trinajstić information content (AvgIpc) is 2.46. The Kier molecular flexibility index (Phi) is 4.10. The molecule has 0 aliphatic carbocycles. The Morgan fingerprint density at radius 3 is 2.55 bits per heavy atom. The van der Waals surface area contributed by atoms with Crippen molar-refractivity contribution in [2.24, 2.45) is 0 Å². The number of carbonyl (C=O) groups excluding carboxylic acids is 1. The second-order valence-corrected chi connectivity index (χ2v) is 3.88. The summed E-state index contributed by atoms with van der Waals surface area (Å²) in [6.07, 6.45) is 0. The summed E-state index contributed by atoms with van der Waals surface area (Å²) in [5.74, 6) is 4.61. The Bertz CT molecular complexity index is 700. The molecule has 5 nitrogen and oxygen atoms in total. The summed E-state index contributed by atoms with van der Waals surface area (Å²) < 4.78 is 0. The number of nitro groups is 1. The second kappa shape index (κ2) is 6.16. The molecular weight excluding hydrogens is 256 g/mol. The van der Waals surface area contributed by atoms with Gasteiger partial charge in [-0.05, 0) is 18.2 Å². The molecule has 1 amide bonds. The Labute approximate surface area is 115 Å². The second-order valence-electron chi connectivity index (χ2n) is 3.88. The molecule has 2 aromatic rings. The number of anilines is 1. The highest BCUT2D eigenvalue weighted by atomic mass is 16.6. The first-order valence-corrected chi connectivity index (χ1v) is 5.77. The number of carbonyl (C=O) groups is 1. The van der Waals surface area contributed by atoms with E-state index in [0.717, 1.165) is 5.56 Å². The van der Waals surface area contributed by atoms with Crippen molar-refractivity contribution in [3.63, 3.8) is 0 Å². The number of rotatable bonds is 2. The van der Waals surface area contributed by atoms with Crippen molar-refractivity contribution in [3.05, 3.63) is 70.3 Å². The first-order chi connectivity index (χ1) is 9.65. The molecule has 0 radical (unpaired) electrons. The largest absolute Gasteiger partial charge is 0.315 e. The van der Waals surface area contributed by atoms with Gasteiger partial charge in [0.05, 0.1) is 4.92 Å². The van der Waals surface area contributed by atoms with E-state index in [2.05, 4.69) is 17.2 Å². The van der Waals surface area contributed by atoms with Gasteiger partial charge in [0, 0.05) is 29.3 Å². The van der Waals surface area contributed by atoms with Crippen LogP contribution in [-0.2, 0) is 4.79 Å². The van der Waals surface area contributed by atoms with Crippen molar-refractivity contribution in [1.29, 1.82) is 0 Å². The van der Waals surface area contributed by atoms with Gasteiger partial charge < -0.3 is 5.32 Å². The van der Waals surface area contributed by atoms with Crippen molar-refractivity contribution in [1.82, 2.24) is 0 Å². The van der Waals surface area contributed by atoms with E-state index in [9.17, 15) is 14.9 Å². The molecule has 0 saturated heterocycles. The van der Waals surface area contributed by atoms with Gasteiger partial charge in [0.15, 0.2) is 0 Å². The zero-order valence-corrected chi connectivity index (χ0v) is 10.4. The number of benzene rings is 2. The molecule has 1 N–H and O–H groups in total. The van der Waals surface area contributed by atoms with Crippen LogP contribution in [0.4, 0.5) is 11.4 Å². The fourth-order valence-electron chi connectivity index (χ4n) is 1.51. The molecule has 20 heavy (non-hydrogen) atoms. The van der Waals surface area contributed by atoms with Crippen LogP contribution >= 0.6 is 0 Å². The van der Waals surface area contributed by atoms with Gasteiger partial charge in [-0.3, -0.25) is 14.9 Å². The van der Waals surface area contributed by atoms with Crippen LogP contribution in [-0.4, -0.2) is 10.8 Å². The molecule has 0 heterocycles. The lowest BCUT2D eigenvalue weighted by Gasteiger charge is -1.99. The van der Waals surface area contributed by atoms with E-state index >= 15 is 0 Å². The zero-order chi connectivity index (χ0) is 14.4. The topological polar surface area (TPSA) is 72.2 Å². The van der Waals surface area contributed by atoms with Crippen LogP contribution in [0.25, 0.3) is 0 Å². The number of amides is 1. The van der Waals surface area contributed by atoms with Crippen molar-refractivity contribution < 1.29 is 9.72 Å². The lowest BCUT2D eigenvalue weighted by molar-refractivity contribution is -0.384. The van der Waals surface area contributed by atoms with Gasteiger partial charge in [0.2, 0.25) is 0 Å². The lowest BCUT2D eigenvalue weighted by atomic mass is 10.2. The maximum absolute atomic E-state index is 11.6. The first kappa shape index (κ1) is 13.3. The van der Waals surface area contributed by atoms with E-state index in [1.807, 2.05) is 18.2 Å². The molecule has 0 aliphatic rings. The monoisotopic (exact) mass is 266 g/mol. The van der Waals surface area contributed by atoms with E-state index in [1.165, 1.54) is 18.2 Å². The molecule has 0 saturated carbocycles. The molecule has 5 heteroatoms. The quantitative estimate of drug-likeness (QED) is 0.516. The molecule has 0 aromatic heterocycles. The van der Waals surface area contributed by atoms with Crippen molar-refractivity contribution in [2.45, 2.75) is 0 Å². The molecule has 0 atom stereocenters. The van der Waals surface area contributed by atoms with Gasteiger partial charge in [-0.25, -0.2) is 0 Å². The maximum Gasteiger partial charge on any atom is 0.300 e. The smallest absolute Gasteiger partial charge is 0.300 e. The number of non-ortho nitro benzene ring substituents is 1. The summed E-state index contributed by atoms with van der Waals surface area (Å²) in [6.45, 7) is 0. The molecule has 0 bridgehead atoms. The van der Waals surface area contributed by atoms with Crippen molar-refractivity contribution in [3.8, 4) is 11.8 Å². The Balaban J connectivity index is 2.07. The van der Waals surface area contributed by atoms with Crippen LogP contribution in [0.5, 0.6) is 0 Å². The Hall–Kier alpha value is -3.13. The summed E-state index contributed by atoms with van der Waals surface area (Å²) in [5, 5.41) is 13.1. The Morgan fingerprint density at radius 2 is 1.85 bits per heavy atom. The average molecular weight is 266 g/mol. The van der Waals surface area contributed by atoms with E-state index < -0.39 is 10.8 Å². The minimum absolute atomic E-state index is 0.0844. The number of hydrogen-bond acceptors (Lipinski definition) is 3. The van der Waals surface area contributed by atoms with Crippen LogP contribution in [0.1, 0.15) is 5.56 Å². The van der Waals surface area contributed by atoms with E-state index in [-0.39, 0.29) is 5.69 Å². The molecule has 0 fully saturated rings. The number of nitro benzene ring substituents is 1. The van der Waals surface area contributed by atoms with E-state index in [0.29, 0.717) is 5.69 Å². The summed E-state index contributed by atoms with van der Waals surface area (Å²) in [4.78, 5) is 21.7. The van der Waals surface area contributed by atoms with Gasteiger partial charge in [-0.1, -0.05) is 30.2 Å². The molecule has 0 spiro atoms. The Morgan fingerprint density at radius 1 is 1.10 bits per heavy atom. The minimum atomic E-state index is -0.523. The first-order valence-electron chi connectivity index (χ1n) is 5.77. The van der Waals surface area contributed by atoms with Crippen molar-refractivity contribution in [2.75, 3.05) is 5.32 Å². The molecule has 2 rings (SSSR count). The fraction of sp³-hybridized carbons (Fsp3) is 0. The van der Waals surface area contributed by atoms with Crippen LogP contribution in [0.2, 0.25) is 0 Å². The fourth-order valence-corrected chi connectivity index (χ4v) is 1.51. The van der Waals surface area contributed by atoms with Gasteiger partial charge in [0.25, 0.3) is 5.69 Å². The van der Waals surface area contributed by atoms with E-state index in [1.54, 1.807) is 18.2 Å². The number of nitrogens with zero attached hydrogens (tertiary/aromatic N) is 1. The third-order valence-corrected chi connectivity index (χ3v) is 2.41. The van der Waals surface area contributed by atoms with Crippen molar-refractivity contribution >= 4 is 17.3 Å². The van der Waals surface area contributed by atoms with Gasteiger partial charge in [-0.2, -0.15) is 0 Å². The van der Waals surface area contributed by atoms with Gasteiger partial charge in [0.1, 0.15) is 0 Å². The van der Waals surface area contributed by atoms with Gasteiger partial charge in [-0.15, -0.1) is 0 Å². The van der Waals surface area contributed by atoms with Gasteiger partial charge >= 0.3 is 5.91 Å². The number of nitrogens with one attached hydrogen (secondary N) is 1. The molecular formula is C15H10N2O3. The third kappa shape index (κ3) is 3.68. The predicted octanol–water partition coefficient (Wildman–Crippen LogP) is 2.59. The lowest BCUT2D eigenvalue weighted by Crippen LogP contribution is -2.08. The molecule has 0 aliphatic heterocycles. The highest BCUT2D eigenvalue weighted by molar-refractivity contribution is 6.04. The molecule has 98 valence electrons. The third-order valence-electron chi connectivity index (χ3n) is 2.41. The number of hydrogen-bond donors (Lipinski definition) is 1.